The molecule has 4 N–H and O–H groups in total. The van der Waals surface area contributed by atoms with Crippen molar-refractivity contribution in [3.8, 4) is 11.5 Å². The van der Waals surface area contributed by atoms with Crippen LogP contribution in [0.25, 0.3) is 0 Å². The van der Waals surface area contributed by atoms with Crippen LogP contribution in [0.3, 0.4) is 0 Å². The van der Waals surface area contributed by atoms with Crippen LogP contribution in [0.5, 0.6) is 11.5 Å². The lowest BCUT2D eigenvalue weighted by Crippen LogP contribution is -2.65. The van der Waals surface area contributed by atoms with Crippen LogP contribution in [-0.2, 0) is 11.8 Å². The number of hydrogen-bond acceptors (Lipinski definition) is 5. The Morgan fingerprint density at radius 3 is 2.41 bits per heavy atom. The number of aromatic hydroxyl groups is 1. The number of phenols is 1. The summed E-state index contributed by atoms with van der Waals surface area (Å²) >= 11 is 0. The lowest BCUT2D eigenvalue weighted by atomic mass is 9.53. The van der Waals surface area contributed by atoms with E-state index < -0.39 is 6.10 Å². The van der Waals surface area contributed by atoms with Gasteiger partial charge in [0.25, 0.3) is 0 Å². The quantitative estimate of drug-likeness (QED) is 0.165. The molecule has 1 fully saturated rings. The fourth-order valence-corrected chi connectivity index (χ4v) is 7.30. The first-order valence-corrected chi connectivity index (χ1v) is 13.9. The van der Waals surface area contributed by atoms with Gasteiger partial charge in [0, 0.05) is 47.4 Å². The van der Waals surface area contributed by atoms with Crippen LogP contribution in [0.1, 0.15) is 24.0 Å². The standard InChI is InChI=1S/C32H34N4O3/c37-26-14-12-21-20-25-24-13-15-27(38)30-32(24,28(21)29(26)39-30)16-19-36(25)18-7-17-33-31(34-22-8-3-1-4-9-22)35-23-10-5-2-6-11-23/h1-6,8-15,24-25,27,30,37-38H,7,16-20H2,(H2,33,34,35)/t24?,25-,27+,30+,32+/m1/s1. The number of guanidine groups is 1. The summed E-state index contributed by atoms with van der Waals surface area (Å²) in [6, 6.07) is 24.3. The smallest absolute Gasteiger partial charge is 0.200 e. The summed E-state index contributed by atoms with van der Waals surface area (Å²) in [5.74, 6) is 1.77. The summed E-state index contributed by atoms with van der Waals surface area (Å²) in [5, 5.41) is 28.3. The number of rotatable bonds is 6. The monoisotopic (exact) mass is 522 g/mol. The fraction of sp³-hybridized carbons (Fsp3) is 0.344. The number of phenolic OH excluding ortho intramolecular Hbond substituents is 1. The van der Waals surface area contributed by atoms with E-state index in [9.17, 15) is 10.2 Å². The Morgan fingerprint density at radius 2 is 1.69 bits per heavy atom. The summed E-state index contributed by atoms with van der Waals surface area (Å²) < 4.78 is 6.28. The Hall–Kier alpha value is -3.81. The molecule has 2 aliphatic heterocycles. The summed E-state index contributed by atoms with van der Waals surface area (Å²) in [6.07, 6.45) is 5.89. The Labute approximate surface area is 228 Å². The molecule has 3 aromatic carbocycles. The third-order valence-corrected chi connectivity index (χ3v) is 8.93. The van der Waals surface area contributed by atoms with E-state index >= 15 is 0 Å². The molecule has 2 bridgehead atoms. The van der Waals surface area contributed by atoms with Crippen LogP contribution in [0.15, 0.2) is 89.9 Å². The van der Waals surface area contributed by atoms with Gasteiger partial charge in [-0.3, -0.25) is 9.89 Å². The van der Waals surface area contributed by atoms with Gasteiger partial charge in [-0.15, -0.1) is 0 Å². The van der Waals surface area contributed by atoms with Crippen molar-refractivity contribution in [2.45, 2.75) is 42.9 Å². The maximum Gasteiger partial charge on any atom is 0.200 e. The van der Waals surface area contributed by atoms with Crippen LogP contribution < -0.4 is 15.4 Å². The summed E-state index contributed by atoms with van der Waals surface area (Å²) in [6.45, 7) is 2.59. The van der Waals surface area contributed by atoms with Gasteiger partial charge in [0.05, 0.1) is 0 Å². The molecule has 0 saturated carbocycles. The number of anilines is 2. The van der Waals surface area contributed by atoms with E-state index in [2.05, 4.69) is 27.7 Å². The first-order valence-electron chi connectivity index (χ1n) is 13.9. The van der Waals surface area contributed by atoms with Crippen LogP contribution in [0, 0.1) is 5.92 Å². The van der Waals surface area contributed by atoms with E-state index in [1.165, 1.54) is 5.56 Å². The number of benzene rings is 3. The average molecular weight is 523 g/mol. The highest BCUT2D eigenvalue weighted by Gasteiger charge is 2.64. The molecule has 7 nitrogen and oxygen atoms in total. The van der Waals surface area contributed by atoms with Gasteiger partial charge in [-0.05, 0) is 61.7 Å². The van der Waals surface area contributed by atoms with Crippen LogP contribution in [-0.4, -0.2) is 59.0 Å². The van der Waals surface area contributed by atoms with E-state index in [0.717, 1.165) is 55.2 Å². The number of ether oxygens (including phenoxy) is 1. The number of hydrogen-bond donors (Lipinski definition) is 4. The second-order valence-corrected chi connectivity index (χ2v) is 11.1. The molecule has 0 amide bonds. The number of nitrogens with one attached hydrogen (secondary N) is 2. The van der Waals surface area contributed by atoms with E-state index in [1.807, 2.05) is 66.7 Å². The molecular weight excluding hydrogens is 488 g/mol. The first kappa shape index (κ1) is 24.2. The van der Waals surface area contributed by atoms with Crippen molar-refractivity contribution in [3.63, 3.8) is 0 Å². The van der Waals surface area contributed by atoms with Crippen molar-refractivity contribution in [1.82, 2.24) is 4.90 Å². The number of aliphatic imine (C=N–C) groups is 1. The molecule has 1 spiro atoms. The molecule has 200 valence electrons. The molecule has 3 aromatic rings. The highest BCUT2D eigenvalue weighted by molar-refractivity contribution is 6.03. The molecular formula is C32H34N4O3. The molecule has 7 heteroatoms. The largest absolute Gasteiger partial charge is 0.504 e. The van der Waals surface area contributed by atoms with Gasteiger partial charge >= 0.3 is 0 Å². The van der Waals surface area contributed by atoms with Gasteiger partial charge in [-0.1, -0.05) is 54.6 Å². The van der Waals surface area contributed by atoms with Gasteiger partial charge in [0.1, 0.15) is 12.2 Å². The van der Waals surface area contributed by atoms with E-state index in [-0.39, 0.29) is 23.2 Å². The Kier molecular flexibility index (Phi) is 6.05. The molecule has 2 aliphatic carbocycles. The number of nitrogens with zero attached hydrogens (tertiary/aromatic N) is 2. The van der Waals surface area contributed by atoms with Crippen LogP contribution >= 0.6 is 0 Å². The fourth-order valence-electron chi connectivity index (χ4n) is 7.30. The minimum absolute atomic E-state index is 0.186. The van der Waals surface area contributed by atoms with Gasteiger partial charge in [-0.2, -0.15) is 0 Å². The van der Waals surface area contributed by atoms with Crippen molar-refractivity contribution in [3.05, 3.63) is 96.1 Å². The summed E-state index contributed by atoms with van der Waals surface area (Å²) in [7, 11) is 0. The van der Waals surface area contributed by atoms with Gasteiger partial charge < -0.3 is 25.6 Å². The van der Waals surface area contributed by atoms with Crippen molar-refractivity contribution in [1.29, 1.82) is 0 Å². The third-order valence-electron chi connectivity index (χ3n) is 8.93. The predicted molar refractivity (Wildman–Crippen MR) is 154 cm³/mol. The van der Waals surface area contributed by atoms with E-state index in [0.29, 0.717) is 18.3 Å². The van der Waals surface area contributed by atoms with Gasteiger partial charge in [0.15, 0.2) is 17.5 Å². The molecule has 39 heavy (non-hydrogen) atoms. The number of likely N-dealkylation sites (tertiary alicyclic amines) is 1. The first-order chi connectivity index (χ1) is 19.1. The lowest BCUT2D eigenvalue weighted by molar-refractivity contribution is -0.0516. The number of aliphatic hydroxyl groups is 1. The van der Waals surface area contributed by atoms with Crippen molar-refractivity contribution < 1.29 is 14.9 Å². The number of piperidine rings is 1. The van der Waals surface area contributed by atoms with Crippen molar-refractivity contribution >= 4 is 17.3 Å². The lowest BCUT2D eigenvalue weighted by Gasteiger charge is -2.57. The number of para-hydroxylation sites is 2. The zero-order valence-corrected chi connectivity index (χ0v) is 21.8. The molecule has 1 unspecified atom stereocenters. The minimum Gasteiger partial charge on any atom is -0.504 e. The van der Waals surface area contributed by atoms with Crippen LogP contribution in [0.2, 0.25) is 0 Å². The van der Waals surface area contributed by atoms with Gasteiger partial charge in [0.2, 0.25) is 0 Å². The van der Waals surface area contributed by atoms with Gasteiger partial charge in [-0.25, -0.2) is 0 Å². The molecule has 5 atom stereocenters. The summed E-state index contributed by atoms with van der Waals surface area (Å²) in [5.41, 5.74) is 4.11. The maximum atomic E-state index is 10.9. The average Bonchev–Trinajstić information content (AvgIpc) is 3.31. The molecule has 7 rings (SSSR count). The van der Waals surface area contributed by atoms with Crippen LogP contribution in [0.4, 0.5) is 11.4 Å². The summed E-state index contributed by atoms with van der Waals surface area (Å²) in [4.78, 5) is 7.51. The molecule has 0 radical (unpaired) electrons. The van der Waals surface area contributed by atoms with E-state index in [1.54, 1.807) is 6.07 Å². The maximum absolute atomic E-state index is 10.9. The molecule has 2 heterocycles. The molecule has 0 aromatic heterocycles. The normalized spacial score (nSPS) is 27.8. The molecule has 4 aliphatic rings. The highest BCUT2D eigenvalue weighted by Crippen LogP contribution is 2.62. The zero-order valence-electron chi connectivity index (χ0n) is 21.8. The third kappa shape index (κ3) is 4.08. The SMILES string of the molecule is Oc1ccc2c3c1O[C@H]1[C@@H](O)C=CC4[C@@H](C2)N(CCCN=C(Nc2ccccc2)Nc2ccccc2)CC[C@@]341. The molecule has 1 saturated heterocycles. The van der Waals surface area contributed by atoms with Crippen molar-refractivity contribution in [2.24, 2.45) is 10.9 Å². The zero-order chi connectivity index (χ0) is 26.4. The predicted octanol–water partition coefficient (Wildman–Crippen LogP) is 4.54. The second-order valence-electron chi connectivity index (χ2n) is 11.1. The Bertz CT molecular complexity index is 1370. The number of aliphatic hydroxyl groups excluding tert-OH is 1. The Balaban J connectivity index is 1.08. The topological polar surface area (TPSA) is 89.3 Å². The Morgan fingerprint density at radius 1 is 0.974 bits per heavy atom. The highest BCUT2D eigenvalue weighted by atomic mass is 16.5. The van der Waals surface area contributed by atoms with Crippen molar-refractivity contribution in [2.75, 3.05) is 30.3 Å². The van der Waals surface area contributed by atoms with E-state index in [4.69, 9.17) is 9.73 Å². The second kappa shape index (κ2) is 9.74. The minimum atomic E-state index is -0.659.